The van der Waals surface area contributed by atoms with Crippen LogP contribution in [0.25, 0.3) is 0 Å². The summed E-state index contributed by atoms with van der Waals surface area (Å²) in [5.74, 6) is 1.31. The van der Waals surface area contributed by atoms with Gasteiger partial charge in [0.15, 0.2) is 11.5 Å². The summed E-state index contributed by atoms with van der Waals surface area (Å²) in [6, 6.07) is 5.33. The van der Waals surface area contributed by atoms with Crippen molar-refractivity contribution < 1.29 is 19.0 Å². The van der Waals surface area contributed by atoms with Crippen LogP contribution in [-0.4, -0.2) is 43.8 Å². The maximum Gasteiger partial charge on any atom is 0.255 e. The minimum atomic E-state index is -0.408. The second-order valence-electron chi connectivity index (χ2n) is 5.31. The van der Waals surface area contributed by atoms with Crippen LogP contribution in [0.2, 0.25) is 0 Å². The Kier molecular flexibility index (Phi) is 4.22. The van der Waals surface area contributed by atoms with E-state index in [1.165, 1.54) is 0 Å². The van der Waals surface area contributed by atoms with Gasteiger partial charge in [-0.05, 0) is 25.0 Å². The highest BCUT2D eigenvalue weighted by atomic mass is 35.5. The van der Waals surface area contributed by atoms with Gasteiger partial charge in [0.05, 0.1) is 11.1 Å². The summed E-state index contributed by atoms with van der Waals surface area (Å²) in [6.07, 6.45) is 1.43. The minimum absolute atomic E-state index is 0.181. The van der Waals surface area contributed by atoms with Gasteiger partial charge >= 0.3 is 0 Å². The molecule has 1 aromatic rings. The third-order valence-corrected chi connectivity index (χ3v) is 4.41. The molecule has 3 rings (SSSR count). The molecule has 2 aliphatic heterocycles. The molecule has 0 radical (unpaired) electrons. The van der Waals surface area contributed by atoms with E-state index in [0.29, 0.717) is 62.2 Å². The molecule has 0 aliphatic carbocycles. The van der Waals surface area contributed by atoms with E-state index in [1.807, 2.05) is 0 Å². The second-order valence-corrected chi connectivity index (χ2v) is 5.58. The lowest BCUT2D eigenvalue weighted by atomic mass is 9.91. The number of nitrogens with one attached hydrogen (secondary N) is 1. The first-order valence-electron chi connectivity index (χ1n) is 7.09. The van der Waals surface area contributed by atoms with Crippen LogP contribution in [0.15, 0.2) is 18.2 Å². The molecule has 5 nitrogen and oxygen atoms in total. The maximum atomic E-state index is 12.6. The molecule has 1 fully saturated rings. The van der Waals surface area contributed by atoms with Crippen LogP contribution in [0.5, 0.6) is 11.5 Å². The van der Waals surface area contributed by atoms with Crippen molar-refractivity contribution in [3.8, 4) is 11.5 Å². The number of hydrogen-bond donors (Lipinski definition) is 1. The highest BCUT2D eigenvalue weighted by Gasteiger charge is 2.34. The molecule has 21 heavy (non-hydrogen) atoms. The fraction of sp³-hybridized carbons (Fsp3) is 0.533. The Morgan fingerprint density at radius 3 is 2.71 bits per heavy atom. The molecule has 1 N–H and O–H groups in total. The van der Waals surface area contributed by atoms with Crippen LogP contribution in [-0.2, 0) is 4.74 Å². The van der Waals surface area contributed by atoms with E-state index < -0.39 is 5.54 Å². The lowest BCUT2D eigenvalue weighted by Crippen LogP contribution is -2.53. The Balaban J connectivity index is 1.82. The van der Waals surface area contributed by atoms with Crippen molar-refractivity contribution in [2.75, 3.05) is 32.3 Å². The summed E-state index contributed by atoms with van der Waals surface area (Å²) in [5, 5.41) is 3.06. The molecule has 0 unspecified atom stereocenters. The lowest BCUT2D eigenvalue weighted by molar-refractivity contribution is 0.0431. The van der Waals surface area contributed by atoms with Gasteiger partial charge in [0.1, 0.15) is 13.2 Å². The van der Waals surface area contributed by atoms with Gasteiger partial charge in [0.2, 0.25) is 0 Å². The smallest absolute Gasteiger partial charge is 0.255 e. The quantitative estimate of drug-likeness (QED) is 0.867. The number of hydrogen-bond acceptors (Lipinski definition) is 4. The van der Waals surface area contributed by atoms with Crippen molar-refractivity contribution in [3.63, 3.8) is 0 Å². The second kappa shape index (κ2) is 6.12. The fourth-order valence-electron chi connectivity index (χ4n) is 2.61. The summed E-state index contributed by atoms with van der Waals surface area (Å²) in [7, 11) is 0. The van der Waals surface area contributed by atoms with E-state index in [4.69, 9.17) is 25.8 Å². The van der Waals surface area contributed by atoms with Gasteiger partial charge in [-0.15, -0.1) is 11.6 Å². The van der Waals surface area contributed by atoms with Crippen molar-refractivity contribution >= 4 is 17.5 Å². The SMILES string of the molecule is O=C(NC1(CCl)CCOCC1)c1cccc2c1OCCO2. The fourth-order valence-corrected chi connectivity index (χ4v) is 2.95. The number of carbonyl (C=O) groups excluding carboxylic acids is 1. The monoisotopic (exact) mass is 311 g/mol. The standard InChI is InChI=1S/C15H18ClNO4/c16-10-15(4-6-19-7-5-15)17-14(18)11-2-1-3-12-13(11)21-9-8-20-12/h1-3H,4-10H2,(H,17,18). The average molecular weight is 312 g/mol. The van der Waals surface area contributed by atoms with Crippen LogP contribution in [0.3, 0.4) is 0 Å². The number of rotatable bonds is 3. The molecule has 1 amide bonds. The summed E-state index contributed by atoms with van der Waals surface area (Å²) >= 11 is 6.09. The van der Waals surface area contributed by atoms with Crippen molar-refractivity contribution in [2.24, 2.45) is 0 Å². The number of fused-ring (bicyclic) bond motifs is 1. The number of alkyl halides is 1. The summed E-state index contributed by atoms with van der Waals surface area (Å²) in [6.45, 7) is 2.17. The van der Waals surface area contributed by atoms with Crippen LogP contribution in [0.4, 0.5) is 0 Å². The Bertz CT molecular complexity index is 528. The van der Waals surface area contributed by atoms with E-state index in [-0.39, 0.29) is 5.91 Å². The molecule has 2 aliphatic rings. The van der Waals surface area contributed by atoms with Gasteiger partial charge in [-0.3, -0.25) is 4.79 Å². The van der Waals surface area contributed by atoms with Gasteiger partial charge in [-0.1, -0.05) is 6.07 Å². The first-order valence-corrected chi connectivity index (χ1v) is 7.62. The topological polar surface area (TPSA) is 56.8 Å². The predicted molar refractivity (Wildman–Crippen MR) is 78.4 cm³/mol. The molecule has 0 bridgehead atoms. The average Bonchev–Trinajstić information content (AvgIpc) is 2.55. The van der Waals surface area contributed by atoms with Crippen LogP contribution in [0, 0.1) is 0 Å². The molecular formula is C15H18ClNO4. The third-order valence-electron chi connectivity index (χ3n) is 3.90. The molecule has 1 saturated heterocycles. The van der Waals surface area contributed by atoms with Crippen LogP contribution < -0.4 is 14.8 Å². The van der Waals surface area contributed by atoms with E-state index in [0.717, 1.165) is 0 Å². The number of para-hydroxylation sites is 1. The molecule has 0 aromatic heterocycles. The van der Waals surface area contributed by atoms with E-state index in [1.54, 1.807) is 18.2 Å². The zero-order chi connectivity index (χ0) is 14.7. The molecule has 6 heteroatoms. The zero-order valence-corrected chi connectivity index (χ0v) is 12.4. The molecular weight excluding hydrogens is 294 g/mol. The molecule has 0 saturated carbocycles. The normalized spacial score (nSPS) is 19.9. The van der Waals surface area contributed by atoms with Crippen molar-refractivity contribution in [1.29, 1.82) is 0 Å². The minimum Gasteiger partial charge on any atom is -0.486 e. The first kappa shape index (κ1) is 14.5. The maximum absolute atomic E-state index is 12.6. The lowest BCUT2D eigenvalue weighted by Gasteiger charge is -2.36. The van der Waals surface area contributed by atoms with Crippen LogP contribution in [0.1, 0.15) is 23.2 Å². The third kappa shape index (κ3) is 2.94. The number of ether oxygens (including phenoxy) is 3. The number of amides is 1. The highest BCUT2D eigenvalue weighted by molar-refractivity contribution is 6.19. The Hall–Kier alpha value is -1.46. The Morgan fingerprint density at radius 2 is 1.95 bits per heavy atom. The van der Waals surface area contributed by atoms with Crippen molar-refractivity contribution in [3.05, 3.63) is 23.8 Å². The highest BCUT2D eigenvalue weighted by Crippen LogP contribution is 2.34. The Labute approximate surface area is 128 Å². The van der Waals surface area contributed by atoms with Crippen LogP contribution >= 0.6 is 11.6 Å². The van der Waals surface area contributed by atoms with Crippen molar-refractivity contribution in [1.82, 2.24) is 5.32 Å². The summed E-state index contributed by atoms with van der Waals surface area (Å²) in [5.41, 5.74) is 0.0815. The Morgan fingerprint density at radius 1 is 1.19 bits per heavy atom. The number of halogens is 1. The van der Waals surface area contributed by atoms with E-state index in [2.05, 4.69) is 5.32 Å². The van der Waals surface area contributed by atoms with Gasteiger partial charge in [-0.25, -0.2) is 0 Å². The van der Waals surface area contributed by atoms with Gasteiger partial charge < -0.3 is 19.5 Å². The summed E-state index contributed by atoms with van der Waals surface area (Å²) in [4.78, 5) is 12.6. The largest absolute Gasteiger partial charge is 0.486 e. The van der Waals surface area contributed by atoms with Gasteiger partial charge in [-0.2, -0.15) is 0 Å². The zero-order valence-electron chi connectivity index (χ0n) is 11.7. The van der Waals surface area contributed by atoms with Crippen molar-refractivity contribution in [2.45, 2.75) is 18.4 Å². The molecule has 114 valence electrons. The molecule has 1 aromatic carbocycles. The van der Waals surface area contributed by atoms with E-state index in [9.17, 15) is 4.79 Å². The molecule has 0 spiro atoms. The van der Waals surface area contributed by atoms with E-state index >= 15 is 0 Å². The molecule has 2 heterocycles. The summed E-state index contributed by atoms with van der Waals surface area (Å²) < 4.78 is 16.4. The molecule has 0 atom stereocenters. The first-order chi connectivity index (χ1) is 10.2. The predicted octanol–water partition coefficient (Wildman–Crippen LogP) is 1.98. The van der Waals surface area contributed by atoms with Gasteiger partial charge in [0, 0.05) is 19.1 Å². The van der Waals surface area contributed by atoms with Gasteiger partial charge in [0.25, 0.3) is 5.91 Å². The number of benzene rings is 1. The number of carbonyl (C=O) groups is 1.